The number of sulfonamides is 1. The van der Waals surface area contributed by atoms with Gasteiger partial charge in [0, 0.05) is 64.3 Å². The fourth-order valence-electron chi connectivity index (χ4n) is 4.81. The average Bonchev–Trinajstić information content (AvgIpc) is 2.90. The zero-order valence-corrected chi connectivity index (χ0v) is 24.1. The number of nitrogens with one attached hydrogen (secondary N) is 1. The number of carbonyl (C=O) groups excluding carboxylic acids is 1. The predicted molar refractivity (Wildman–Crippen MR) is 144 cm³/mol. The van der Waals surface area contributed by atoms with Crippen LogP contribution in [0.1, 0.15) is 46.5 Å². The van der Waals surface area contributed by atoms with Gasteiger partial charge < -0.3 is 20.1 Å². The number of carboxylic acids is 1. The molecule has 1 amide bonds. The number of benzene rings is 1. The quantitative estimate of drug-likeness (QED) is 0.425. The number of carboxylic acid groups (broad SMARTS) is 1. The molecule has 0 radical (unpaired) electrons. The fourth-order valence-corrected chi connectivity index (χ4v) is 6.24. The van der Waals surface area contributed by atoms with E-state index >= 15 is 0 Å². The first kappa shape index (κ1) is 33.8. The molecular weight excluding hydrogens is 553 g/mol. The van der Waals surface area contributed by atoms with Crippen LogP contribution < -0.4 is 10.1 Å². The number of piperazine rings is 1. The van der Waals surface area contributed by atoms with E-state index in [2.05, 4.69) is 24.1 Å². The Balaban J connectivity index is 0.000000708. The highest BCUT2D eigenvalue weighted by atomic mass is 32.2. The first-order chi connectivity index (χ1) is 18.8. The Bertz CT molecular complexity index is 1040. The molecule has 1 aromatic carbocycles. The number of aliphatic carboxylic acids is 1. The summed E-state index contributed by atoms with van der Waals surface area (Å²) in [5.41, 5.74) is 0. The zero-order chi connectivity index (χ0) is 29.9. The standard InChI is InChI=1S/C24H40N4O4S.C2HF3O2/c1-4-32-22-8-10-23(11-9-22)33(30,31)27(15-12-24(29)26-16-13-25-14-17-26)18-19-28-20(2)6-5-7-21(28)3;3-2(4,5)1(6)7/h8-11,20-21,25H,4-7,12-19H2,1-3H3;(H,6,7). The van der Waals surface area contributed by atoms with Crippen LogP contribution >= 0.6 is 0 Å². The van der Waals surface area contributed by atoms with Gasteiger partial charge in [-0.25, -0.2) is 13.2 Å². The molecule has 1 aromatic rings. The number of hydrogen-bond acceptors (Lipinski definition) is 7. The third kappa shape index (κ3) is 10.2. The van der Waals surface area contributed by atoms with Crippen molar-refractivity contribution >= 4 is 21.9 Å². The summed E-state index contributed by atoms with van der Waals surface area (Å²) in [4.78, 5) is 26.1. The van der Waals surface area contributed by atoms with Crippen molar-refractivity contribution < 1.29 is 41.0 Å². The van der Waals surface area contributed by atoms with E-state index in [4.69, 9.17) is 14.6 Å². The number of amides is 1. The average molecular weight is 595 g/mol. The highest BCUT2D eigenvalue weighted by Gasteiger charge is 2.38. The molecule has 0 aliphatic carbocycles. The summed E-state index contributed by atoms with van der Waals surface area (Å²) in [6.45, 7) is 11.0. The van der Waals surface area contributed by atoms with E-state index in [1.807, 2.05) is 11.8 Å². The second kappa shape index (κ2) is 15.5. The number of piperidine rings is 1. The minimum atomic E-state index is -5.08. The van der Waals surface area contributed by atoms with Gasteiger partial charge in [-0.2, -0.15) is 17.5 Å². The van der Waals surface area contributed by atoms with E-state index in [0.29, 0.717) is 50.6 Å². The van der Waals surface area contributed by atoms with Crippen molar-refractivity contribution in [2.24, 2.45) is 0 Å². The lowest BCUT2D eigenvalue weighted by Gasteiger charge is -2.40. The minimum Gasteiger partial charge on any atom is -0.494 e. The van der Waals surface area contributed by atoms with Gasteiger partial charge in [-0.3, -0.25) is 9.69 Å². The summed E-state index contributed by atoms with van der Waals surface area (Å²) in [7, 11) is -3.73. The maximum Gasteiger partial charge on any atom is 0.490 e. The molecule has 14 heteroatoms. The smallest absolute Gasteiger partial charge is 0.490 e. The molecule has 2 unspecified atom stereocenters. The number of likely N-dealkylation sites (tertiary alicyclic amines) is 1. The van der Waals surface area contributed by atoms with Gasteiger partial charge in [0.2, 0.25) is 15.9 Å². The zero-order valence-electron chi connectivity index (χ0n) is 23.3. The Morgan fingerprint density at radius 1 is 1.07 bits per heavy atom. The van der Waals surface area contributed by atoms with E-state index in [-0.39, 0.29) is 23.8 Å². The summed E-state index contributed by atoms with van der Waals surface area (Å²) in [5, 5.41) is 10.4. The van der Waals surface area contributed by atoms with E-state index in [1.54, 1.807) is 24.3 Å². The number of nitrogens with zero attached hydrogens (tertiary/aromatic N) is 3. The fraction of sp³-hybridized carbons (Fsp3) is 0.692. The molecule has 10 nitrogen and oxygen atoms in total. The first-order valence-electron chi connectivity index (χ1n) is 13.5. The first-order valence-corrected chi connectivity index (χ1v) is 15.0. The van der Waals surface area contributed by atoms with Crippen LogP contribution in [0, 0.1) is 0 Å². The van der Waals surface area contributed by atoms with Crippen LogP contribution in [0.25, 0.3) is 0 Å². The van der Waals surface area contributed by atoms with Crippen LogP contribution in [0.15, 0.2) is 29.2 Å². The molecule has 2 fully saturated rings. The molecule has 2 aliphatic heterocycles. The Morgan fingerprint density at radius 3 is 2.12 bits per heavy atom. The molecule has 0 saturated carbocycles. The number of hydrogen-bond donors (Lipinski definition) is 2. The summed E-state index contributed by atoms with van der Waals surface area (Å²) < 4.78 is 65.8. The predicted octanol–water partition coefficient (Wildman–Crippen LogP) is 2.79. The highest BCUT2D eigenvalue weighted by Crippen LogP contribution is 2.24. The summed E-state index contributed by atoms with van der Waals surface area (Å²) in [5.74, 6) is -2.09. The van der Waals surface area contributed by atoms with Crippen molar-refractivity contribution in [1.29, 1.82) is 0 Å². The van der Waals surface area contributed by atoms with Crippen LogP contribution in [0.4, 0.5) is 13.2 Å². The van der Waals surface area contributed by atoms with E-state index < -0.39 is 22.2 Å². The molecule has 40 heavy (non-hydrogen) atoms. The molecule has 0 spiro atoms. The lowest BCUT2D eigenvalue weighted by molar-refractivity contribution is -0.192. The molecule has 0 aromatic heterocycles. The molecular formula is C26H41F3N4O6S. The topological polar surface area (TPSA) is 119 Å². The van der Waals surface area contributed by atoms with Crippen LogP contribution in [0.5, 0.6) is 5.75 Å². The summed E-state index contributed by atoms with van der Waals surface area (Å²) in [6, 6.07) is 7.44. The molecule has 2 N–H and O–H groups in total. The second-order valence-electron chi connectivity index (χ2n) is 9.86. The van der Waals surface area contributed by atoms with Gasteiger partial charge in [-0.05, 0) is 57.9 Å². The molecule has 2 heterocycles. The van der Waals surface area contributed by atoms with Gasteiger partial charge in [-0.15, -0.1) is 0 Å². The number of alkyl halides is 3. The van der Waals surface area contributed by atoms with E-state index in [0.717, 1.165) is 25.9 Å². The molecule has 2 aliphatic rings. The van der Waals surface area contributed by atoms with Crippen LogP contribution in [-0.2, 0) is 19.6 Å². The largest absolute Gasteiger partial charge is 0.494 e. The number of carbonyl (C=O) groups is 2. The highest BCUT2D eigenvalue weighted by molar-refractivity contribution is 7.89. The SMILES string of the molecule is CCOc1ccc(S(=O)(=O)N(CCC(=O)N2CCNCC2)CCN2C(C)CCCC2C)cc1.O=C(O)C(F)(F)F. The van der Waals surface area contributed by atoms with Crippen molar-refractivity contribution in [3.05, 3.63) is 24.3 Å². The Hall–Kier alpha value is -2.42. The maximum atomic E-state index is 13.6. The van der Waals surface area contributed by atoms with Crippen molar-refractivity contribution in [3.63, 3.8) is 0 Å². The van der Waals surface area contributed by atoms with Crippen molar-refractivity contribution in [3.8, 4) is 5.75 Å². The number of rotatable bonds is 10. The van der Waals surface area contributed by atoms with Crippen molar-refractivity contribution in [1.82, 2.24) is 19.4 Å². The van der Waals surface area contributed by atoms with E-state index in [9.17, 15) is 26.4 Å². The van der Waals surface area contributed by atoms with Gasteiger partial charge in [0.1, 0.15) is 5.75 Å². The van der Waals surface area contributed by atoms with Gasteiger partial charge in [0.05, 0.1) is 11.5 Å². The molecule has 3 rings (SSSR count). The lowest BCUT2D eigenvalue weighted by Crippen LogP contribution is -2.49. The Labute approximate surface area is 234 Å². The lowest BCUT2D eigenvalue weighted by atomic mass is 9.98. The van der Waals surface area contributed by atoms with Gasteiger partial charge in [-0.1, -0.05) is 6.42 Å². The van der Waals surface area contributed by atoms with Gasteiger partial charge in [0.15, 0.2) is 0 Å². The molecule has 2 saturated heterocycles. The summed E-state index contributed by atoms with van der Waals surface area (Å²) >= 11 is 0. The van der Waals surface area contributed by atoms with Crippen LogP contribution in [0.2, 0.25) is 0 Å². The Morgan fingerprint density at radius 2 is 1.62 bits per heavy atom. The maximum absolute atomic E-state index is 13.6. The molecule has 2 atom stereocenters. The van der Waals surface area contributed by atoms with Gasteiger partial charge in [0.25, 0.3) is 0 Å². The minimum absolute atomic E-state index is 0.0168. The van der Waals surface area contributed by atoms with Crippen molar-refractivity contribution in [2.75, 3.05) is 52.4 Å². The van der Waals surface area contributed by atoms with Crippen LogP contribution in [-0.4, -0.2) is 110 Å². The van der Waals surface area contributed by atoms with Crippen LogP contribution in [0.3, 0.4) is 0 Å². The molecule has 0 bridgehead atoms. The Kier molecular flexibility index (Phi) is 13.1. The third-order valence-electron chi connectivity index (χ3n) is 7.04. The normalized spacial score (nSPS) is 20.5. The molecule has 228 valence electrons. The second-order valence-corrected chi connectivity index (χ2v) is 11.8. The number of ether oxygens (including phenoxy) is 1. The van der Waals surface area contributed by atoms with E-state index in [1.165, 1.54) is 10.7 Å². The van der Waals surface area contributed by atoms with Gasteiger partial charge >= 0.3 is 12.1 Å². The summed E-state index contributed by atoms with van der Waals surface area (Å²) in [6.07, 6.45) is -1.40. The monoisotopic (exact) mass is 594 g/mol. The van der Waals surface area contributed by atoms with Crippen molar-refractivity contribution in [2.45, 2.75) is 69.6 Å². The third-order valence-corrected chi connectivity index (χ3v) is 8.96. The number of halogens is 3.